The molecule has 0 aliphatic heterocycles. The second kappa shape index (κ2) is 9.63. The fourth-order valence-corrected chi connectivity index (χ4v) is 3.05. The molecule has 1 aromatic heterocycles. The Labute approximate surface area is 180 Å². The van der Waals surface area contributed by atoms with E-state index in [1.54, 1.807) is 6.07 Å². The van der Waals surface area contributed by atoms with Crippen molar-refractivity contribution in [3.63, 3.8) is 0 Å². The summed E-state index contributed by atoms with van der Waals surface area (Å²) < 4.78 is 11.2. The highest BCUT2D eigenvalue weighted by atomic mass is 16.5. The van der Waals surface area contributed by atoms with E-state index in [0.29, 0.717) is 30.3 Å². The van der Waals surface area contributed by atoms with Gasteiger partial charge >= 0.3 is 0 Å². The Kier molecular flexibility index (Phi) is 6.28. The number of nitrogens with zero attached hydrogens (tertiary/aromatic N) is 1. The van der Waals surface area contributed by atoms with Crippen LogP contribution in [0.3, 0.4) is 0 Å². The summed E-state index contributed by atoms with van der Waals surface area (Å²) in [6.07, 6.45) is 0. The average Bonchev–Trinajstić information content (AvgIpc) is 3.31. The van der Waals surface area contributed by atoms with Gasteiger partial charge in [0, 0.05) is 11.3 Å². The van der Waals surface area contributed by atoms with Crippen molar-refractivity contribution in [1.29, 1.82) is 0 Å². The normalized spacial score (nSPS) is 10.5. The second-order valence-electron chi connectivity index (χ2n) is 6.88. The lowest BCUT2D eigenvalue weighted by Gasteiger charge is -2.08. The van der Waals surface area contributed by atoms with Crippen LogP contribution >= 0.6 is 0 Å². The van der Waals surface area contributed by atoms with Gasteiger partial charge in [0.2, 0.25) is 0 Å². The molecule has 0 radical (unpaired) electrons. The van der Waals surface area contributed by atoms with Crippen molar-refractivity contribution in [2.45, 2.75) is 13.5 Å². The Morgan fingerprint density at radius 2 is 1.58 bits per heavy atom. The van der Waals surface area contributed by atoms with E-state index in [0.717, 1.165) is 22.6 Å². The Hall–Kier alpha value is -4.06. The number of aromatic nitrogens is 2. The molecule has 4 aromatic rings. The fourth-order valence-electron chi connectivity index (χ4n) is 3.05. The van der Waals surface area contributed by atoms with Crippen molar-refractivity contribution in [2.24, 2.45) is 0 Å². The summed E-state index contributed by atoms with van der Waals surface area (Å²) in [5.74, 6) is 1.28. The van der Waals surface area contributed by atoms with Gasteiger partial charge in [0.25, 0.3) is 5.91 Å². The largest absolute Gasteiger partial charge is 0.494 e. The lowest BCUT2D eigenvalue weighted by molar-refractivity contribution is 0.102. The summed E-state index contributed by atoms with van der Waals surface area (Å²) in [6.45, 7) is 3.05. The third-order valence-corrected chi connectivity index (χ3v) is 4.64. The fraction of sp³-hybridized carbons (Fsp3) is 0.120. The number of anilines is 1. The molecule has 0 bridgehead atoms. The first kappa shape index (κ1) is 20.2. The highest BCUT2D eigenvalue weighted by Crippen LogP contribution is 2.22. The molecule has 2 N–H and O–H groups in total. The molecule has 6 heteroatoms. The first-order valence-electron chi connectivity index (χ1n) is 10.1. The number of H-pyrrole nitrogens is 1. The molecule has 1 amide bonds. The maximum Gasteiger partial charge on any atom is 0.273 e. The van der Waals surface area contributed by atoms with Crippen molar-refractivity contribution in [3.05, 3.63) is 96.2 Å². The first-order chi connectivity index (χ1) is 15.2. The lowest BCUT2D eigenvalue weighted by atomic mass is 10.1. The number of rotatable bonds is 8. The molecule has 6 nitrogen and oxygen atoms in total. The minimum atomic E-state index is -0.261. The van der Waals surface area contributed by atoms with Gasteiger partial charge in [0.05, 0.1) is 12.3 Å². The summed E-state index contributed by atoms with van der Waals surface area (Å²) >= 11 is 0. The highest BCUT2D eigenvalue weighted by Gasteiger charge is 2.12. The molecule has 0 aliphatic rings. The number of ether oxygens (including phenoxy) is 2. The molecule has 0 saturated heterocycles. The molecule has 0 fully saturated rings. The molecule has 0 aliphatic carbocycles. The van der Waals surface area contributed by atoms with Gasteiger partial charge in [-0.15, -0.1) is 0 Å². The highest BCUT2D eigenvalue weighted by molar-refractivity contribution is 6.03. The third kappa shape index (κ3) is 5.30. The van der Waals surface area contributed by atoms with Crippen LogP contribution in [0.25, 0.3) is 11.3 Å². The van der Waals surface area contributed by atoms with Gasteiger partial charge in [-0.2, -0.15) is 5.10 Å². The molecular weight excluding hydrogens is 390 g/mol. The summed E-state index contributed by atoms with van der Waals surface area (Å²) in [7, 11) is 0. The quantitative estimate of drug-likeness (QED) is 0.411. The molecule has 0 unspecified atom stereocenters. The molecule has 0 saturated carbocycles. The van der Waals surface area contributed by atoms with Gasteiger partial charge in [-0.25, -0.2) is 0 Å². The van der Waals surface area contributed by atoms with Crippen LogP contribution in [0, 0.1) is 0 Å². The Morgan fingerprint density at radius 1 is 0.903 bits per heavy atom. The number of hydrogen-bond donors (Lipinski definition) is 2. The van der Waals surface area contributed by atoms with E-state index in [1.165, 1.54) is 0 Å². The van der Waals surface area contributed by atoms with Gasteiger partial charge in [0.15, 0.2) is 0 Å². The van der Waals surface area contributed by atoms with E-state index >= 15 is 0 Å². The topological polar surface area (TPSA) is 76.2 Å². The van der Waals surface area contributed by atoms with E-state index in [1.807, 2.05) is 85.8 Å². The van der Waals surface area contributed by atoms with Gasteiger partial charge in [-0.3, -0.25) is 9.89 Å². The van der Waals surface area contributed by atoms with E-state index in [4.69, 9.17) is 9.47 Å². The van der Waals surface area contributed by atoms with Crippen LogP contribution in [0.5, 0.6) is 11.5 Å². The first-order valence-corrected chi connectivity index (χ1v) is 10.1. The van der Waals surface area contributed by atoms with Crippen molar-refractivity contribution >= 4 is 11.6 Å². The predicted octanol–water partition coefficient (Wildman–Crippen LogP) is 5.31. The zero-order valence-electron chi connectivity index (χ0n) is 17.2. The average molecular weight is 413 g/mol. The number of amides is 1. The summed E-state index contributed by atoms with van der Waals surface area (Å²) in [6, 6.07) is 26.6. The summed E-state index contributed by atoms with van der Waals surface area (Å²) in [4.78, 5) is 12.6. The number of carbonyl (C=O) groups is 1. The van der Waals surface area contributed by atoms with E-state index in [9.17, 15) is 4.79 Å². The SMILES string of the molecule is CCOc1ccc(-c2cc(C(=O)Nc3ccc(OCc4ccccc4)cc3)[nH]n2)cc1. The van der Waals surface area contributed by atoms with Crippen molar-refractivity contribution in [2.75, 3.05) is 11.9 Å². The number of carbonyl (C=O) groups excluding carboxylic acids is 1. The van der Waals surface area contributed by atoms with Gasteiger partial charge in [-0.05, 0) is 67.1 Å². The summed E-state index contributed by atoms with van der Waals surface area (Å²) in [5.41, 5.74) is 3.75. The predicted molar refractivity (Wildman–Crippen MR) is 120 cm³/mol. The number of benzene rings is 3. The van der Waals surface area contributed by atoms with Crippen LogP contribution in [0.1, 0.15) is 23.0 Å². The molecule has 3 aromatic carbocycles. The Morgan fingerprint density at radius 3 is 2.29 bits per heavy atom. The van der Waals surface area contributed by atoms with Crippen LogP contribution in [0.15, 0.2) is 84.9 Å². The van der Waals surface area contributed by atoms with Crippen LogP contribution < -0.4 is 14.8 Å². The van der Waals surface area contributed by atoms with Crippen molar-refractivity contribution < 1.29 is 14.3 Å². The Bertz CT molecular complexity index is 1120. The number of hydrogen-bond acceptors (Lipinski definition) is 4. The van der Waals surface area contributed by atoms with Crippen LogP contribution in [0.4, 0.5) is 5.69 Å². The monoisotopic (exact) mass is 413 g/mol. The molecule has 0 atom stereocenters. The maximum absolute atomic E-state index is 12.6. The van der Waals surface area contributed by atoms with Crippen LogP contribution in [-0.4, -0.2) is 22.7 Å². The van der Waals surface area contributed by atoms with Crippen molar-refractivity contribution in [1.82, 2.24) is 10.2 Å². The third-order valence-electron chi connectivity index (χ3n) is 4.64. The molecule has 156 valence electrons. The molecule has 4 rings (SSSR count). The standard InChI is InChI=1S/C25H23N3O3/c1-2-30-21-12-8-19(9-13-21)23-16-24(28-27-23)25(29)26-20-10-14-22(15-11-20)31-17-18-6-4-3-5-7-18/h3-16H,2,17H2,1H3,(H,26,29)(H,27,28). The maximum atomic E-state index is 12.6. The van der Waals surface area contributed by atoms with Crippen molar-refractivity contribution in [3.8, 4) is 22.8 Å². The summed E-state index contributed by atoms with van der Waals surface area (Å²) in [5, 5.41) is 9.91. The van der Waals surface area contributed by atoms with Gasteiger partial charge in [-0.1, -0.05) is 30.3 Å². The van der Waals surface area contributed by atoms with Gasteiger partial charge in [0.1, 0.15) is 23.8 Å². The van der Waals surface area contributed by atoms with Crippen LogP contribution in [-0.2, 0) is 6.61 Å². The molecule has 31 heavy (non-hydrogen) atoms. The zero-order chi connectivity index (χ0) is 21.5. The van der Waals surface area contributed by atoms with E-state index in [-0.39, 0.29) is 5.91 Å². The number of nitrogens with one attached hydrogen (secondary N) is 2. The molecule has 1 heterocycles. The second-order valence-corrected chi connectivity index (χ2v) is 6.88. The minimum absolute atomic E-state index is 0.261. The zero-order valence-corrected chi connectivity index (χ0v) is 17.2. The van der Waals surface area contributed by atoms with E-state index < -0.39 is 0 Å². The number of aromatic amines is 1. The van der Waals surface area contributed by atoms with E-state index in [2.05, 4.69) is 15.5 Å². The molecule has 0 spiro atoms. The Balaban J connectivity index is 1.35. The van der Waals surface area contributed by atoms with Crippen LogP contribution in [0.2, 0.25) is 0 Å². The minimum Gasteiger partial charge on any atom is -0.494 e. The van der Waals surface area contributed by atoms with Gasteiger partial charge < -0.3 is 14.8 Å². The molecular formula is C25H23N3O3. The smallest absolute Gasteiger partial charge is 0.273 e. The lowest BCUT2D eigenvalue weighted by Crippen LogP contribution is -2.12.